The Kier molecular flexibility index (Phi) is 6.59. The third kappa shape index (κ3) is 4.26. The fourth-order valence-corrected chi connectivity index (χ4v) is 4.23. The van der Waals surface area contributed by atoms with Crippen LogP contribution in [0.3, 0.4) is 0 Å². The summed E-state index contributed by atoms with van der Waals surface area (Å²) in [5.74, 6) is -0.226. The predicted molar refractivity (Wildman–Crippen MR) is 119 cm³/mol. The Bertz CT molecular complexity index is 931. The molecule has 1 aliphatic carbocycles. The zero-order chi connectivity index (χ0) is 21.9. The summed E-state index contributed by atoms with van der Waals surface area (Å²) in [5.41, 5.74) is 5.39. The molecular weight excluding hydrogens is 428 g/mol. The quantitative estimate of drug-likeness (QED) is 0.409. The van der Waals surface area contributed by atoms with Gasteiger partial charge in [0, 0.05) is 31.3 Å². The largest absolute Gasteiger partial charge is 0.379 e. The van der Waals surface area contributed by atoms with Gasteiger partial charge in [0.15, 0.2) is 10.6 Å². The lowest BCUT2D eigenvalue weighted by Crippen LogP contribution is -2.68. The summed E-state index contributed by atoms with van der Waals surface area (Å²) in [6, 6.07) is 6.28. The normalized spacial score (nSPS) is 26.6. The molecule has 3 amide bonds. The number of benzene rings is 1. The minimum absolute atomic E-state index is 0.135. The number of thiocarbonyl (C=S) groups is 1. The monoisotopic (exact) mass is 450 g/mol. The molecule has 1 aromatic carbocycles. The number of carbonyl (C=O) groups is 2. The summed E-state index contributed by atoms with van der Waals surface area (Å²) in [4.78, 5) is 23.0. The molecule has 0 aromatic heterocycles. The molecule has 0 spiro atoms. The van der Waals surface area contributed by atoms with Crippen molar-refractivity contribution in [2.75, 3.05) is 31.6 Å². The van der Waals surface area contributed by atoms with E-state index in [-0.39, 0.29) is 10.9 Å². The van der Waals surface area contributed by atoms with Crippen molar-refractivity contribution in [1.82, 2.24) is 10.2 Å². The van der Waals surface area contributed by atoms with Crippen molar-refractivity contribution in [3.8, 4) is 0 Å². The van der Waals surface area contributed by atoms with E-state index in [1.54, 1.807) is 35.3 Å². The number of nitrogens with two attached hydrogens (primary N) is 1. The van der Waals surface area contributed by atoms with Crippen LogP contribution in [-0.4, -0.2) is 63.8 Å². The first kappa shape index (κ1) is 22.4. The highest BCUT2D eigenvalue weighted by atomic mass is 35.5. The predicted octanol–water partition coefficient (Wildman–Crippen LogP) is 1.59. The molecule has 0 bridgehead atoms. The van der Waals surface area contributed by atoms with E-state index in [1.807, 2.05) is 12.1 Å². The second-order valence-electron chi connectivity index (χ2n) is 7.02. The number of nitrogens with zero attached hydrogens (tertiary/aromatic N) is 1. The highest BCUT2D eigenvalue weighted by Crippen LogP contribution is 2.43. The number of urea groups is 1. The SMILES string of the molecule is CC(=O)Nc1ccccc1C1=CC(Cl)(C(=S)NC(N)=O)C(O)(N2CCOCC2)C=C1. The van der Waals surface area contributed by atoms with E-state index in [4.69, 9.17) is 34.3 Å². The van der Waals surface area contributed by atoms with E-state index < -0.39 is 16.6 Å². The number of anilines is 1. The maximum atomic E-state index is 11.6. The highest BCUT2D eigenvalue weighted by molar-refractivity contribution is 7.80. The minimum atomic E-state index is -1.73. The summed E-state index contributed by atoms with van der Waals surface area (Å²) in [7, 11) is 0. The van der Waals surface area contributed by atoms with Crippen LogP contribution in [0.2, 0.25) is 0 Å². The van der Waals surface area contributed by atoms with Gasteiger partial charge in [0.2, 0.25) is 5.91 Å². The zero-order valence-corrected chi connectivity index (χ0v) is 17.9. The number of ether oxygens (including phenoxy) is 1. The summed E-state index contributed by atoms with van der Waals surface area (Å²) in [6.07, 6.45) is 4.83. The number of aliphatic hydroxyl groups is 1. The number of rotatable bonds is 4. The number of hydrogen-bond donors (Lipinski definition) is 4. The molecule has 1 fully saturated rings. The molecule has 1 aromatic rings. The van der Waals surface area contributed by atoms with Gasteiger partial charge in [0.25, 0.3) is 0 Å². The Morgan fingerprint density at radius 3 is 2.60 bits per heavy atom. The Hall–Kier alpha value is -2.30. The van der Waals surface area contributed by atoms with Crippen molar-refractivity contribution < 1.29 is 19.4 Å². The molecule has 10 heteroatoms. The Labute approximate surface area is 184 Å². The first-order valence-electron chi connectivity index (χ1n) is 9.31. The van der Waals surface area contributed by atoms with Crippen LogP contribution in [0.4, 0.5) is 10.5 Å². The first-order chi connectivity index (χ1) is 14.2. The molecule has 160 valence electrons. The summed E-state index contributed by atoms with van der Waals surface area (Å²) >= 11 is 12.3. The lowest BCUT2D eigenvalue weighted by molar-refractivity contribution is -0.114. The van der Waals surface area contributed by atoms with Crippen molar-refractivity contribution in [2.24, 2.45) is 5.73 Å². The van der Waals surface area contributed by atoms with Crippen LogP contribution in [0.1, 0.15) is 12.5 Å². The molecule has 30 heavy (non-hydrogen) atoms. The maximum Gasteiger partial charge on any atom is 0.317 e. The van der Waals surface area contributed by atoms with Gasteiger partial charge in [-0.1, -0.05) is 36.5 Å². The van der Waals surface area contributed by atoms with Crippen LogP contribution in [0.5, 0.6) is 0 Å². The van der Waals surface area contributed by atoms with Crippen molar-refractivity contribution >= 4 is 52.0 Å². The highest BCUT2D eigenvalue weighted by Gasteiger charge is 2.55. The molecular formula is C20H23ClN4O4S. The smallest absolute Gasteiger partial charge is 0.317 e. The number of carbonyl (C=O) groups excluding carboxylic acids is 2. The molecule has 2 aliphatic rings. The maximum absolute atomic E-state index is 11.6. The van der Waals surface area contributed by atoms with Crippen LogP contribution in [-0.2, 0) is 9.53 Å². The van der Waals surface area contributed by atoms with Gasteiger partial charge in [0.1, 0.15) is 4.99 Å². The third-order valence-corrected chi connectivity index (χ3v) is 6.11. The first-order valence-corrected chi connectivity index (χ1v) is 10.1. The van der Waals surface area contributed by atoms with Crippen LogP contribution in [0, 0.1) is 0 Å². The molecule has 0 saturated carbocycles. The number of hydrogen-bond acceptors (Lipinski definition) is 6. The van der Waals surface area contributed by atoms with Gasteiger partial charge in [-0.15, -0.1) is 11.6 Å². The topological polar surface area (TPSA) is 117 Å². The fraction of sp³-hybridized carbons (Fsp3) is 0.350. The number of alkyl halides is 1. The lowest BCUT2D eigenvalue weighted by Gasteiger charge is -2.49. The average molecular weight is 451 g/mol. The third-order valence-electron chi connectivity index (χ3n) is 4.99. The molecule has 1 heterocycles. The van der Waals surface area contributed by atoms with Crippen molar-refractivity contribution in [2.45, 2.75) is 17.5 Å². The van der Waals surface area contributed by atoms with Crippen molar-refractivity contribution in [3.05, 3.63) is 48.1 Å². The van der Waals surface area contributed by atoms with E-state index in [0.717, 1.165) is 0 Å². The van der Waals surface area contributed by atoms with E-state index in [1.165, 1.54) is 6.92 Å². The summed E-state index contributed by atoms with van der Waals surface area (Å²) in [5, 5.41) is 16.7. The molecule has 0 radical (unpaired) electrons. The van der Waals surface area contributed by atoms with Crippen molar-refractivity contribution in [1.29, 1.82) is 0 Å². The molecule has 5 N–H and O–H groups in total. The minimum Gasteiger partial charge on any atom is -0.379 e. The van der Waals surface area contributed by atoms with Crippen molar-refractivity contribution in [3.63, 3.8) is 0 Å². The number of para-hydroxylation sites is 1. The van der Waals surface area contributed by atoms with Gasteiger partial charge in [0.05, 0.1) is 13.2 Å². The summed E-state index contributed by atoms with van der Waals surface area (Å²) in [6.45, 7) is 3.08. The molecule has 8 nitrogen and oxygen atoms in total. The van der Waals surface area contributed by atoms with Gasteiger partial charge in [-0.05, 0) is 23.8 Å². The number of morpholine rings is 1. The molecule has 2 atom stereocenters. The number of allylic oxidation sites excluding steroid dienone is 2. The van der Waals surface area contributed by atoms with E-state index >= 15 is 0 Å². The van der Waals surface area contributed by atoms with E-state index in [9.17, 15) is 14.7 Å². The van der Waals surface area contributed by atoms with Gasteiger partial charge in [-0.25, -0.2) is 4.79 Å². The summed E-state index contributed by atoms with van der Waals surface area (Å²) < 4.78 is 5.37. The van der Waals surface area contributed by atoms with Crippen LogP contribution in [0.15, 0.2) is 42.5 Å². The van der Waals surface area contributed by atoms with Gasteiger partial charge < -0.3 is 26.2 Å². The molecule has 1 aliphatic heterocycles. The van der Waals surface area contributed by atoms with Gasteiger partial charge >= 0.3 is 6.03 Å². The molecule has 1 saturated heterocycles. The number of primary amides is 1. The van der Waals surface area contributed by atoms with E-state index in [0.29, 0.717) is 43.1 Å². The second kappa shape index (κ2) is 8.83. The van der Waals surface area contributed by atoms with Crippen LogP contribution in [0.25, 0.3) is 5.57 Å². The van der Waals surface area contributed by atoms with Crippen LogP contribution < -0.4 is 16.4 Å². The van der Waals surface area contributed by atoms with Gasteiger partial charge in [-0.2, -0.15) is 0 Å². The standard InChI is InChI=1S/C20H23ClN4O4S/c1-13(26)23-16-5-3-2-4-15(16)14-6-7-20(28,25-8-10-29-11-9-25)19(21,12-14)17(30)24-18(22)27/h2-7,12,28H,8-11H2,1H3,(H,23,26)(H3,22,24,27,30). The number of halogens is 1. The zero-order valence-electron chi connectivity index (χ0n) is 16.4. The van der Waals surface area contributed by atoms with E-state index in [2.05, 4.69) is 10.6 Å². The number of nitrogens with one attached hydrogen (secondary N) is 2. The number of amides is 3. The van der Waals surface area contributed by atoms with Gasteiger partial charge in [-0.3, -0.25) is 9.69 Å². The Balaban J connectivity index is 2.09. The average Bonchev–Trinajstić information content (AvgIpc) is 2.70. The molecule has 3 rings (SSSR count). The lowest BCUT2D eigenvalue weighted by atomic mass is 9.83. The second-order valence-corrected chi connectivity index (χ2v) is 8.02. The Morgan fingerprint density at radius 2 is 1.97 bits per heavy atom. The fourth-order valence-electron chi connectivity index (χ4n) is 3.57. The van der Waals surface area contributed by atoms with Crippen LogP contribution >= 0.6 is 23.8 Å². The Morgan fingerprint density at radius 1 is 1.30 bits per heavy atom. The molecule has 2 unspecified atom stereocenters.